The van der Waals surface area contributed by atoms with Gasteiger partial charge in [-0.05, 0) is 24.6 Å². The van der Waals surface area contributed by atoms with E-state index in [1.165, 1.54) is 24.1 Å². The first kappa shape index (κ1) is 19.6. The number of carbonyl (C=O) groups excluding carboxylic acids is 2. The summed E-state index contributed by atoms with van der Waals surface area (Å²) in [6, 6.07) is 3.70. The molecule has 2 N–H and O–H groups in total. The van der Waals surface area contributed by atoms with Gasteiger partial charge in [-0.25, -0.2) is 9.07 Å². The minimum atomic E-state index is -0.599. The van der Waals surface area contributed by atoms with E-state index >= 15 is 0 Å². The first-order valence-electron chi connectivity index (χ1n) is 9.33. The van der Waals surface area contributed by atoms with Crippen molar-refractivity contribution in [2.75, 3.05) is 20.6 Å². The number of likely N-dealkylation sites (N-methyl/N-ethyl adjacent to an activating group) is 1. The molecule has 0 spiro atoms. The largest absolute Gasteiger partial charge is 0.505 e. The van der Waals surface area contributed by atoms with Gasteiger partial charge in [0.1, 0.15) is 11.2 Å². The predicted molar refractivity (Wildman–Crippen MR) is 106 cm³/mol. The van der Waals surface area contributed by atoms with Crippen LogP contribution in [0.1, 0.15) is 32.1 Å². The Morgan fingerprint density at radius 2 is 2.03 bits per heavy atom. The van der Waals surface area contributed by atoms with E-state index in [1.54, 1.807) is 18.5 Å². The molecular formula is C20H20FN5O4. The number of halogens is 1. The van der Waals surface area contributed by atoms with Crippen molar-refractivity contribution in [3.8, 4) is 5.75 Å². The average molecular weight is 413 g/mol. The number of carbonyl (C=O) groups is 2. The van der Waals surface area contributed by atoms with Gasteiger partial charge in [-0.15, -0.1) is 0 Å². The summed E-state index contributed by atoms with van der Waals surface area (Å²) in [5.74, 6) is -1.83. The lowest BCUT2D eigenvalue weighted by Crippen LogP contribution is -2.37. The molecule has 0 saturated carbocycles. The summed E-state index contributed by atoms with van der Waals surface area (Å²) < 4.78 is 16.4. The number of benzene rings is 1. The van der Waals surface area contributed by atoms with Crippen LogP contribution in [0.25, 0.3) is 10.9 Å². The van der Waals surface area contributed by atoms with Gasteiger partial charge in [0.2, 0.25) is 0 Å². The molecule has 0 aliphatic carbocycles. The third-order valence-corrected chi connectivity index (χ3v) is 5.37. The molecule has 2 amide bonds. The van der Waals surface area contributed by atoms with Gasteiger partial charge < -0.3 is 19.9 Å². The Bertz CT molecular complexity index is 1280. The van der Waals surface area contributed by atoms with Crippen LogP contribution in [0.4, 0.5) is 4.39 Å². The zero-order valence-corrected chi connectivity index (χ0v) is 16.7. The van der Waals surface area contributed by atoms with Crippen molar-refractivity contribution in [2.24, 2.45) is 0 Å². The number of rotatable bonds is 3. The van der Waals surface area contributed by atoms with Crippen LogP contribution in [0.15, 0.2) is 23.0 Å². The standard InChI is InChI=1S/C20H20FN5O4/c1-10-15-14(17(27)16-20(30)24(3)6-7-25(15)16)19(29)26(23-10)9-11-4-5-12(21)8-13(11)18(28)22-2/h4-5,8,27H,6-7,9H2,1-3H3,(H,22,28). The number of nitrogens with one attached hydrogen (secondary N) is 1. The van der Waals surface area contributed by atoms with E-state index in [-0.39, 0.29) is 34.8 Å². The van der Waals surface area contributed by atoms with E-state index in [4.69, 9.17) is 0 Å². The van der Waals surface area contributed by atoms with Crippen molar-refractivity contribution in [3.05, 3.63) is 56.9 Å². The van der Waals surface area contributed by atoms with E-state index in [0.29, 0.717) is 29.9 Å². The van der Waals surface area contributed by atoms with Crippen molar-refractivity contribution >= 4 is 22.7 Å². The maximum Gasteiger partial charge on any atom is 0.280 e. The molecule has 0 fully saturated rings. The minimum absolute atomic E-state index is 0.00440. The molecule has 0 unspecified atom stereocenters. The van der Waals surface area contributed by atoms with Gasteiger partial charge in [-0.2, -0.15) is 5.10 Å². The van der Waals surface area contributed by atoms with Crippen molar-refractivity contribution in [3.63, 3.8) is 0 Å². The summed E-state index contributed by atoms with van der Waals surface area (Å²) in [6.07, 6.45) is 0. The van der Waals surface area contributed by atoms with Crippen LogP contribution < -0.4 is 10.9 Å². The fourth-order valence-corrected chi connectivity index (χ4v) is 3.86. The Hall–Kier alpha value is -3.69. The van der Waals surface area contributed by atoms with E-state index in [1.807, 2.05) is 0 Å². The maximum atomic E-state index is 13.7. The van der Waals surface area contributed by atoms with E-state index in [9.17, 15) is 23.9 Å². The van der Waals surface area contributed by atoms with Crippen LogP contribution in [0.3, 0.4) is 0 Å². The van der Waals surface area contributed by atoms with E-state index in [0.717, 1.165) is 10.7 Å². The molecule has 3 heterocycles. The fraction of sp³-hybridized carbons (Fsp3) is 0.300. The van der Waals surface area contributed by atoms with E-state index in [2.05, 4.69) is 10.4 Å². The highest BCUT2D eigenvalue weighted by Crippen LogP contribution is 2.33. The van der Waals surface area contributed by atoms with Crippen LogP contribution in [-0.4, -0.2) is 56.8 Å². The number of hydrogen-bond acceptors (Lipinski definition) is 5. The monoisotopic (exact) mass is 413 g/mol. The predicted octanol–water partition coefficient (Wildman–Crippen LogP) is 0.845. The van der Waals surface area contributed by atoms with Gasteiger partial charge in [0, 0.05) is 32.7 Å². The first-order chi connectivity index (χ1) is 14.2. The molecule has 0 bridgehead atoms. The average Bonchev–Trinajstić information content (AvgIpc) is 3.03. The summed E-state index contributed by atoms with van der Waals surface area (Å²) >= 11 is 0. The summed E-state index contributed by atoms with van der Waals surface area (Å²) in [4.78, 5) is 39.3. The third-order valence-electron chi connectivity index (χ3n) is 5.37. The van der Waals surface area contributed by atoms with Crippen LogP contribution in [0, 0.1) is 12.7 Å². The van der Waals surface area contributed by atoms with Crippen molar-refractivity contribution < 1.29 is 19.1 Å². The molecule has 1 aliphatic heterocycles. The molecule has 1 aromatic carbocycles. The molecule has 0 saturated heterocycles. The number of aromatic hydroxyl groups is 1. The molecule has 0 radical (unpaired) electrons. The van der Waals surface area contributed by atoms with Crippen LogP contribution in [0.5, 0.6) is 5.75 Å². The third kappa shape index (κ3) is 2.83. The Kier molecular flexibility index (Phi) is 4.56. The molecule has 1 aliphatic rings. The lowest BCUT2D eigenvalue weighted by molar-refractivity contribution is 0.0747. The Balaban J connectivity index is 1.91. The second kappa shape index (κ2) is 6.97. The Morgan fingerprint density at radius 3 is 2.73 bits per heavy atom. The summed E-state index contributed by atoms with van der Waals surface area (Å²) in [7, 11) is 3.05. The normalized spacial score (nSPS) is 13.6. The number of aromatic nitrogens is 3. The van der Waals surface area contributed by atoms with Gasteiger partial charge in [-0.3, -0.25) is 14.4 Å². The summed E-state index contributed by atoms with van der Waals surface area (Å²) in [6.45, 7) is 2.45. The second-order valence-corrected chi connectivity index (χ2v) is 7.23. The van der Waals surface area contributed by atoms with Crippen molar-refractivity contribution in [1.82, 2.24) is 24.6 Å². The number of hydrogen-bond donors (Lipinski definition) is 2. The van der Waals surface area contributed by atoms with Gasteiger partial charge >= 0.3 is 0 Å². The number of fused-ring (bicyclic) bond motifs is 3. The highest BCUT2D eigenvalue weighted by atomic mass is 19.1. The zero-order chi connectivity index (χ0) is 21.7. The molecule has 9 nitrogen and oxygen atoms in total. The lowest BCUT2D eigenvalue weighted by atomic mass is 10.1. The molecule has 3 aromatic rings. The quantitative estimate of drug-likeness (QED) is 0.662. The molecular weight excluding hydrogens is 393 g/mol. The van der Waals surface area contributed by atoms with Crippen molar-refractivity contribution in [2.45, 2.75) is 20.0 Å². The molecule has 10 heteroatoms. The lowest BCUT2D eigenvalue weighted by Gasteiger charge is -2.25. The Morgan fingerprint density at radius 1 is 1.30 bits per heavy atom. The van der Waals surface area contributed by atoms with Crippen LogP contribution >= 0.6 is 0 Å². The highest BCUT2D eigenvalue weighted by Gasteiger charge is 2.32. The Labute approximate surface area is 170 Å². The molecule has 2 aromatic heterocycles. The smallest absolute Gasteiger partial charge is 0.280 e. The zero-order valence-electron chi connectivity index (χ0n) is 16.7. The number of nitrogens with zero attached hydrogens (tertiary/aromatic N) is 4. The fourth-order valence-electron chi connectivity index (χ4n) is 3.86. The van der Waals surface area contributed by atoms with Crippen molar-refractivity contribution in [1.29, 1.82) is 0 Å². The highest BCUT2D eigenvalue weighted by molar-refractivity contribution is 6.04. The SMILES string of the molecule is CNC(=O)c1cc(F)ccc1Cn1nc(C)c2c(c(O)c3n2CCN(C)C3=O)c1=O. The van der Waals surface area contributed by atoms with Crippen LogP contribution in [-0.2, 0) is 13.1 Å². The number of amides is 2. The molecule has 156 valence electrons. The van der Waals surface area contributed by atoms with E-state index < -0.39 is 17.3 Å². The van der Waals surface area contributed by atoms with Gasteiger partial charge in [0.05, 0.1) is 17.8 Å². The first-order valence-corrected chi connectivity index (χ1v) is 9.33. The topological polar surface area (TPSA) is 109 Å². The van der Waals surface area contributed by atoms with Gasteiger partial charge in [0.25, 0.3) is 17.4 Å². The molecule has 4 rings (SSSR count). The molecule has 0 atom stereocenters. The maximum absolute atomic E-state index is 13.7. The van der Waals surface area contributed by atoms with Gasteiger partial charge in [0.15, 0.2) is 11.4 Å². The minimum Gasteiger partial charge on any atom is -0.505 e. The number of aryl methyl sites for hydroxylation is 1. The molecule has 30 heavy (non-hydrogen) atoms. The summed E-state index contributed by atoms with van der Waals surface area (Å²) in [5, 5.41) is 17.5. The second-order valence-electron chi connectivity index (χ2n) is 7.23. The van der Waals surface area contributed by atoms with Gasteiger partial charge in [-0.1, -0.05) is 6.07 Å². The summed E-state index contributed by atoms with van der Waals surface area (Å²) in [5.41, 5.74) is 0.802. The van der Waals surface area contributed by atoms with Crippen LogP contribution in [0.2, 0.25) is 0 Å².